The molecule has 1 aliphatic heterocycles. The lowest BCUT2D eigenvalue weighted by Crippen LogP contribution is -2.39. The molecule has 0 saturated carbocycles. The maximum Gasteiger partial charge on any atom is 0.269 e. The second-order valence-corrected chi connectivity index (χ2v) is 7.50. The Morgan fingerprint density at radius 2 is 2.00 bits per heavy atom. The highest BCUT2D eigenvalue weighted by molar-refractivity contribution is 5.99. The SMILES string of the molecule is CC(=O)CCN1[C@@H](C(C)C)C(=O)N(c2ccccn2)[C@H]1c1cccc([N+](=O)[O-])c1. The summed E-state index contributed by atoms with van der Waals surface area (Å²) in [6, 6.07) is 11.1. The Morgan fingerprint density at radius 1 is 1.24 bits per heavy atom. The molecule has 1 aromatic carbocycles. The van der Waals surface area contributed by atoms with Gasteiger partial charge in [0.15, 0.2) is 0 Å². The van der Waals surface area contributed by atoms with E-state index in [0.717, 1.165) is 0 Å². The fourth-order valence-electron chi connectivity index (χ4n) is 3.80. The second-order valence-electron chi connectivity index (χ2n) is 7.50. The third-order valence-electron chi connectivity index (χ3n) is 5.04. The molecule has 1 aromatic heterocycles. The largest absolute Gasteiger partial charge is 0.300 e. The molecule has 1 amide bonds. The molecule has 0 unspecified atom stereocenters. The number of nitro groups is 1. The van der Waals surface area contributed by atoms with Crippen molar-refractivity contribution in [1.82, 2.24) is 9.88 Å². The quantitative estimate of drug-likeness (QED) is 0.526. The third-order valence-corrected chi connectivity index (χ3v) is 5.04. The van der Waals surface area contributed by atoms with Crippen molar-refractivity contribution < 1.29 is 14.5 Å². The Hall–Kier alpha value is -3.13. The van der Waals surface area contributed by atoms with Crippen molar-refractivity contribution in [3.8, 4) is 0 Å². The Labute approximate surface area is 169 Å². The number of amides is 1. The zero-order valence-electron chi connectivity index (χ0n) is 16.7. The molecule has 0 spiro atoms. The molecule has 2 heterocycles. The van der Waals surface area contributed by atoms with Gasteiger partial charge in [-0.05, 0) is 30.5 Å². The van der Waals surface area contributed by atoms with Gasteiger partial charge in [-0.2, -0.15) is 0 Å². The second kappa shape index (κ2) is 8.48. The minimum absolute atomic E-state index is 0.00984. The number of anilines is 1. The molecule has 0 radical (unpaired) electrons. The van der Waals surface area contributed by atoms with Gasteiger partial charge >= 0.3 is 0 Å². The van der Waals surface area contributed by atoms with Gasteiger partial charge in [0.2, 0.25) is 5.91 Å². The van der Waals surface area contributed by atoms with Gasteiger partial charge in [0.05, 0.1) is 11.0 Å². The van der Waals surface area contributed by atoms with E-state index in [0.29, 0.717) is 17.9 Å². The summed E-state index contributed by atoms with van der Waals surface area (Å²) in [6.07, 6.45) is 1.32. The van der Waals surface area contributed by atoms with E-state index in [1.807, 2.05) is 18.7 Å². The molecule has 1 aliphatic rings. The van der Waals surface area contributed by atoms with E-state index in [9.17, 15) is 19.7 Å². The molecule has 152 valence electrons. The first-order chi connectivity index (χ1) is 13.8. The van der Waals surface area contributed by atoms with Crippen LogP contribution in [0.3, 0.4) is 0 Å². The normalized spacial score (nSPS) is 19.7. The molecule has 1 saturated heterocycles. The molecule has 29 heavy (non-hydrogen) atoms. The summed E-state index contributed by atoms with van der Waals surface area (Å²) in [5.74, 6) is 0.363. The van der Waals surface area contributed by atoms with Crippen LogP contribution in [0.4, 0.5) is 11.5 Å². The van der Waals surface area contributed by atoms with Crippen LogP contribution in [0, 0.1) is 16.0 Å². The average molecular weight is 396 g/mol. The number of benzene rings is 1. The van der Waals surface area contributed by atoms with Crippen LogP contribution in [0.15, 0.2) is 48.7 Å². The first-order valence-corrected chi connectivity index (χ1v) is 9.55. The molecule has 0 bridgehead atoms. The van der Waals surface area contributed by atoms with Gasteiger partial charge in [0.25, 0.3) is 5.69 Å². The van der Waals surface area contributed by atoms with E-state index in [-0.39, 0.29) is 29.7 Å². The first-order valence-electron chi connectivity index (χ1n) is 9.55. The van der Waals surface area contributed by atoms with Crippen LogP contribution in [-0.2, 0) is 9.59 Å². The van der Waals surface area contributed by atoms with Crippen molar-refractivity contribution in [2.45, 2.75) is 39.4 Å². The number of nitrogens with zero attached hydrogens (tertiary/aromatic N) is 4. The highest BCUT2D eigenvalue weighted by Crippen LogP contribution is 2.40. The van der Waals surface area contributed by atoms with Gasteiger partial charge in [0, 0.05) is 31.3 Å². The Balaban J connectivity index is 2.14. The van der Waals surface area contributed by atoms with Crippen LogP contribution in [0.5, 0.6) is 0 Å². The number of carbonyl (C=O) groups is 2. The lowest BCUT2D eigenvalue weighted by atomic mass is 10.0. The summed E-state index contributed by atoms with van der Waals surface area (Å²) in [4.78, 5) is 43.8. The van der Waals surface area contributed by atoms with Crippen molar-refractivity contribution >= 4 is 23.2 Å². The van der Waals surface area contributed by atoms with Crippen LogP contribution in [0.2, 0.25) is 0 Å². The molecule has 0 aliphatic carbocycles. The standard InChI is InChI=1S/C21H24N4O4/c1-14(2)19-21(27)24(18-9-4-5-11-22-18)20(23(19)12-10-15(3)26)16-7-6-8-17(13-16)25(28)29/h4-9,11,13-14,19-20H,10,12H2,1-3H3/t19-,20-/m0/s1. The van der Waals surface area contributed by atoms with Crippen molar-refractivity contribution in [3.05, 3.63) is 64.3 Å². The molecular formula is C21H24N4O4. The van der Waals surface area contributed by atoms with Crippen molar-refractivity contribution in [2.75, 3.05) is 11.4 Å². The number of ketones is 1. The van der Waals surface area contributed by atoms with Crippen LogP contribution >= 0.6 is 0 Å². The number of nitro benzene ring substituents is 1. The van der Waals surface area contributed by atoms with Gasteiger partial charge in [-0.3, -0.25) is 29.5 Å². The molecule has 0 N–H and O–H groups in total. The Morgan fingerprint density at radius 3 is 2.59 bits per heavy atom. The van der Waals surface area contributed by atoms with Crippen LogP contribution in [0.1, 0.15) is 38.9 Å². The van der Waals surface area contributed by atoms with E-state index in [4.69, 9.17) is 0 Å². The summed E-state index contributed by atoms with van der Waals surface area (Å²) < 4.78 is 0. The molecule has 8 heteroatoms. The predicted octanol–water partition coefficient (Wildman–Crippen LogP) is 3.34. The number of pyridine rings is 1. The number of hydrogen-bond donors (Lipinski definition) is 0. The smallest absolute Gasteiger partial charge is 0.269 e. The van der Waals surface area contributed by atoms with Crippen molar-refractivity contribution in [3.63, 3.8) is 0 Å². The number of hydrogen-bond acceptors (Lipinski definition) is 6. The summed E-state index contributed by atoms with van der Waals surface area (Å²) in [6.45, 7) is 5.80. The summed E-state index contributed by atoms with van der Waals surface area (Å²) >= 11 is 0. The van der Waals surface area contributed by atoms with E-state index < -0.39 is 17.1 Å². The summed E-state index contributed by atoms with van der Waals surface area (Å²) in [5.41, 5.74) is 0.570. The van der Waals surface area contributed by atoms with Crippen LogP contribution < -0.4 is 4.90 Å². The van der Waals surface area contributed by atoms with E-state index in [1.54, 1.807) is 41.4 Å². The first kappa shape index (κ1) is 20.6. The predicted molar refractivity (Wildman–Crippen MR) is 108 cm³/mol. The molecular weight excluding hydrogens is 372 g/mol. The average Bonchev–Trinajstić information content (AvgIpc) is 2.99. The molecule has 2 atom stereocenters. The number of rotatable bonds is 7. The van der Waals surface area contributed by atoms with E-state index >= 15 is 0 Å². The van der Waals surface area contributed by atoms with E-state index in [1.165, 1.54) is 19.1 Å². The minimum atomic E-state index is -0.580. The van der Waals surface area contributed by atoms with Gasteiger partial charge in [-0.1, -0.05) is 32.0 Å². The molecule has 3 rings (SSSR count). The number of carbonyl (C=O) groups excluding carboxylic acids is 2. The Kier molecular flexibility index (Phi) is 6.03. The molecule has 1 fully saturated rings. The maximum absolute atomic E-state index is 13.4. The van der Waals surface area contributed by atoms with Gasteiger partial charge in [0.1, 0.15) is 17.8 Å². The highest BCUT2D eigenvalue weighted by Gasteiger charge is 2.49. The molecule has 8 nitrogen and oxygen atoms in total. The molecule has 2 aromatic rings. The van der Waals surface area contributed by atoms with Crippen molar-refractivity contribution in [2.24, 2.45) is 5.92 Å². The lowest BCUT2D eigenvalue weighted by Gasteiger charge is -2.31. The highest BCUT2D eigenvalue weighted by atomic mass is 16.6. The topological polar surface area (TPSA) is 96.7 Å². The van der Waals surface area contributed by atoms with Gasteiger partial charge in [-0.15, -0.1) is 0 Å². The minimum Gasteiger partial charge on any atom is -0.300 e. The number of Topliss-reactive ketones (excluding diaryl/α,β-unsaturated/α-hetero) is 1. The monoisotopic (exact) mass is 396 g/mol. The Bertz CT molecular complexity index is 916. The summed E-state index contributed by atoms with van der Waals surface area (Å²) in [7, 11) is 0. The van der Waals surface area contributed by atoms with Crippen LogP contribution in [0.25, 0.3) is 0 Å². The maximum atomic E-state index is 13.4. The van der Waals surface area contributed by atoms with Gasteiger partial charge < -0.3 is 0 Å². The third kappa shape index (κ3) is 4.17. The fourth-order valence-corrected chi connectivity index (χ4v) is 3.80. The zero-order valence-corrected chi connectivity index (χ0v) is 16.7. The number of aromatic nitrogens is 1. The summed E-state index contributed by atoms with van der Waals surface area (Å²) in [5, 5.41) is 11.3. The van der Waals surface area contributed by atoms with Crippen molar-refractivity contribution in [1.29, 1.82) is 0 Å². The zero-order chi connectivity index (χ0) is 21.1. The fraction of sp³-hybridized carbons (Fsp3) is 0.381. The van der Waals surface area contributed by atoms with Crippen LogP contribution in [-0.4, -0.2) is 39.1 Å². The lowest BCUT2D eigenvalue weighted by molar-refractivity contribution is -0.385. The van der Waals surface area contributed by atoms with E-state index in [2.05, 4.69) is 4.98 Å². The number of non-ortho nitro benzene ring substituents is 1. The van der Waals surface area contributed by atoms with Gasteiger partial charge in [-0.25, -0.2) is 4.98 Å².